The van der Waals surface area contributed by atoms with Crippen molar-refractivity contribution >= 4 is 29.4 Å². The molecule has 1 aromatic carbocycles. The summed E-state index contributed by atoms with van der Waals surface area (Å²) >= 11 is 2.03. The number of hydrogen-bond donors (Lipinski definition) is 0. The lowest BCUT2D eigenvalue weighted by Crippen LogP contribution is -2.07. The number of alkyl halides is 3. The van der Waals surface area contributed by atoms with Gasteiger partial charge in [-0.1, -0.05) is 29.2 Å². The summed E-state index contributed by atoms with van der Waals surface area (Å²) in [6.45, 7) is 0. The molecule has 0 amide bonds. The van der Waals surface area contributed by atoms with E-state index in [0.717, 1.165) is 29.2 Å². The van der Waals surface area contributed by atoms with Gasteiger partial charge >= 0.3 is 6.18 Å². The molecule has 0 aliphatic rings. The van der Waals surface area contributed by atoms with Crippen molar-refractivity contribution in [3.8, 4) is 0 Å². The molecule has 18 heavy (non-hydrogen) atoms. The molecule has 94 valence electrons. The number of carbonyl (C=O) groups is 1. The zero-order chi connectivity index (χ0) is 13.2. The predicted octanol–water partition coefficient (Wildman–Crippen LogP) is 3.52. The number of nitrogens with zero attached hydrogens (tertiary/aromatic N) is 2. The van der Waals surface area contributed by atoms with Gasteiger partial charge in [-0.2, -0.15) is 13.2 Å². The molecule has 0 aliphatic carbocycles. The molecule has 0 unspecified atom stereocenters. The molecule has 1 heterocycles. The lowest BCUT2D eigenvalue weighted by atomic mass is 10.1. The lowest BCUT2D eigenvalue weighted by Gasteiger charge is -2.11. The van der Waals surface area contributed by atoms with Crippen LogP contribution in [-0.4, -0.2) is 16.5 Å². The summed E-state index contributed by atoms with van der Waals surface area (Å²) in [7, 11) is 0. The van der Waals surface area contributed by atoms with Crippen LogP contribution in [0.4, 0.5) is 13.2 Å². The smallest absolute Gasteiger partial charge is 0.298 e. The van der Waals surface area contributed by atoms with Crippen LogP contribution in [-0.2, 0) is 6.18 Å². The van der Waals surface area contributed by atoms with Crippen LogP contribution < -0.4 is 0 Å². The zero-order valence-electron chi connectivity index (χ0n) is 8.64. The quantitative estimate of drug-likeness (QED) is 0.811. The highest BCUT2D eigenvalue weighted by atomic mass is 32.2. The van der Waals surface area contributed by atoms with Crippen molar-refractivity contribution in [2.45, 2.75) is 15.4 Å². The highest BCUT2D eigenvalue weighted by Crippen LogP contribution is 2.40. The number of hydrogen-bond acceptors (Lipinski definition) is 5. The third kappa shape index (κ3) is 2.88. The molecular formula is C10H5F3N2OS2. The van der Waals surface area contributed by atoms with Gasteiger partial charge in [0.1, 0.15) is 11.8 Å². The van der Waals surface area contributed by atoms with Crippen LogP contribution in [0.3, 0.4) is 0 Å². The Labute approximate surface area is 108 Å². The molecule has 0 bridgehead atoms. The highest BCUT2D eigenvalue weighted by molar-refractivity contribution is 8.01. The second kappa shape index (κ2) is 5.07. The first-order valence-electron chi connectivity index (χ1n) is 4.61. The number of rotatable bonds is 3. The first-order valence-corrected chi connectivity index (χ1v) is 6.31. The monoisotopic (exact) mass is 290 g/mol. The minimum Gasteiger partial charge on any atom is -0.298 e. The van der Waals surface area contributed by atoms with Crippen molar-refractivity contribution in [3.63, 3.8) is 0 Å². The third-order valence-corrected chi connectivity index (χ3v) is 3.84. The molecule has 0 radical (unpaired) electrons. The van der Waals surface area contributed by atoms with Gasteiger partial charge in [0.05, 0.1) is 5.56 Å². The zero-order valence-corrected chi connectivity index (χ0v) is 10.3. The van der Waals surface area contributed by atoms with Crippen LogP contribution in [0, 0.1) is 0 Å². The molecule has 0 atom stereocenters. The first kappa shape index (κ1) is 13.0. The van der Waals surface area contributed by atoms with Crippen LogP contribution in [0.2, 0.25) is 0 Å². The van der Waals surface area contributed by atoms with E-state index in [1.54, 1.807) is 0 Å². The Kier molecular flexibility index (Phi) is 3.67. The average molecular weight is 290 g/mol. The van der Waals surface area contributed by atoms with Crippen LogP contribution in [0.15, 0.2) is 32.9 Å². The Morgan fingerprint density at radius 2 is 2.11 bits per heavy atom. The molecule has 0 fully saturated rings. The summed E-state index contributed by atoms with van der Waals surface area (Å²) in [4.78, 5) is 10.5. The fourth-order valence-corrected chi connectivity index (χ4v) is 2.80. The van der Waals surface area contributed by atoms with Crippen LogP contribution in [0.5, 0.6) is 0 Å². The summed E-state index contributed by atoms with van der Waals surface area (Å²) in [5.74, 6) is 0. The second-order valence-corrected chi connectivity index (χ2v) is 5.30. The van der Waals surface area contributed by atoms with E-state index in [1.165, 1.54) is 17.6 Å². The van der Waals surface area contributed by atoms with Crippen LogP contribution >= 0.6 is 23.1 Å². The van der Waals surface area contributed by atoms with Gasteiger partial charge in [0, 0.05) is 10.5 Å². The van der Waals surface area contributed by atoms with Crippen LogP contribution in [0.25, 0.3) is 0 Å². The first-order chi connectivity index (χ1) is 8.50. The highest BCUT2D eigenvalue weighted by Gasteiger charge is 2.34. The van der Waals surface area contributed by atoms with Crippen molar-refractivity contribution in [2.24, 2.45) is 0 Å². The van der Waals surface area contributed by atoms with E-state index >= 15 is 0 Å². The predicted molar refractivity (Wildman–Crippen MR) is 60.9 cm³/mol. The number of halogens is 3. The fraction of sp³-hybridized carbons (Fsp3) is 0.100. The number of aromatic nitrogens is 2. The number of carbonyl (C=O) groups excluding carboxylic acids is 1. The van der Waals surface area contributed by atoms with Gasteiger partial charge in [0.25, 0.3) is 0 Å². The summed E-state index contributed by atoms with van der Waals surface area (Å²) in [6, 6.07) is 3.43. The molecule has 3 nitrogen and oxygen atoms in total. The minimum absolute atomic E-state index is 0.00449. The van der Waals surface area contributed by atoms with Gasteiger partial charge in [0.2, 0.25) is 0 Å². The molecule has 0 saturated carbocycles. The fourth-order valence-electron chi connectivity index (χ4n) is 1.23. The molecular weight excluding hydrogens is 285 g/mol. The van der Waals surface area contributed by atoms with E-state index in [0.29, 0.717) is 10.6 Å². The van der Waals surface area contributed by atoms with Crippen molar-refractivity contribution in [3.05, 3.63) is 34.8 Å². The van der Waals surface area contributed by atoms with E-state index in [2.05, 4.69) is 10.2 Å². The third-order valence-electron chi connectivity index (χ3n) is 1.98. The van der Waals surface area contributed by atoms with Gasteiger partial charge < -0.3 is 0 Å². The van der Waals surface area contributed by atoms with Gasteiger partial charge in [-0.05, 0) is 12.1 Å². The molecule has 0 aliphatic heterocycles. The number of benzene rings is 1. The van der Waals surface area contributed by atoms with Crippen molar-refractivity contribution < 1.29 is 18.0 Å². The Hall–Kier alpha value is -1.41. The molecule has 0 saturated heterocycles. The Bertz CT molecular complexity index is 555. The van der Waals surface area contributed by atoms with Gasteiger partial charge in [-0.15, -0.1) is 10.2 Å². The topological polar surface area (TPSA) is 42.9 Å². The molecule has 2 aromatic rings. The summed E-state index contributed by atoms with van der Waals surface area (Å²) in [5.41, 5.74) is 0.589. The summed E-state index contributed by atoms with van der Waals surface area (Å²) in [5, 5.41) is 7.23. The average Bonchev–Trinajstić information content (AvgIpc) is 2.81. The minimum atomic E-state index is -4.51. The van der Waals surface area contributed by atoms with E-state index in [9.17, 15) is 18.0 Å². The molecule has 8 heteroatoms. The Balaban J connectivity index is 2.43. The molecule has 1 aromatic heterocycles. The lowest BCUT2D eigenvalue weighted by molar-refractivity contribution is -0.139. The van der Waals surface area contributed by atoms with Gasteiger partial charge in [-0.3, -0.25) is 4.79 Å². The Morgan fingerprint density at radius 1 is 1.33 bits per heavy atom. The summed E-state index contributed by atoms with van der Waals surface area (Å²) in [6.07, 6.45) is -4.12. The van der Waals surface area contributed by atoms with Crippen molar-refractivity contribution in [2.75, 3.05) is 0 Å². The Morgan fingerprint density at radius 3 is 2.67 bits per heavy atom. The summed E-state index contributed by atoms with van der Waals surface area (Å²) < 4.78 is 38.9. The van der Waals surface area contributed by atoms with E-state index < -0.39 is 11.7 Å². The maximum atomic E-state index is 12.8. The molecule has 0 spiro atoms. The molecule has 0 N–H and O–H groups in total. The maximum absolute atomic E-state index is 12.8. The molecule has 2 rings (SSSR count). The van der Waals surface area contributed by atoms with Gasteiger partial charge in [-0.25, -0.2) is 0 Å². The maximum Gasteiger partial charge on any atom is 0.417 e. The van der Waals surface area contributed by atoms with Crippen molar-refractivity contribution in [1.29, 1.82) is 0 Å². The number of aldehydes is 1. The van der Waals surface area contributed by atoms with Gasteiger partial charge in [0.15, 0.2) is 4.34 Å². The van der Waals surface area contributed by atoms with Crippen LogP contribution in [0.1, 0.15) is 15.9 Å². The SMILES string of the molecule is O=Cc1ccc(Sc2nncs2)c(C(F)(F)F)c1. The van der Waals surface area contributed by atoms with E-state index in [-0.39, 0.29) is 10.5 Å². The normalized spacial score (nSPS) is 11.5. The van der Waals surface area contributed by atoms with E-state index in [1.807, 2.05) is 0 Å². The second-order valence-electron chi connectivity index (χ2n) is 3.18. The van der Waals surface area contributed by atoms with E-state index in [4.69, 9.17) is 0 Å². The van der Waals surface area contributed by atoms with Crippen molar-refractivity contribution in [1.82, 2.24) is 10.2 Å². The largest absolute Gasteiger partial charge is 0.417 e. The standard InChI is InChI=1S/C10H5F3N2OS2/c11-10(12,13)7-3-6(4-16)1-2-8(7)18-9-15-14-5-17-9/h1-5H.